The van der Waals surface area contributed by atoms with Crippen LogP contribution in [0.25, 0.3) is 16.9 Å². The Bertz CT molecular complexity index is 1180. The molecule has 5 nitrogen and oxygen atoms in total. The largest absolute Gasteiger partial charge is 0.424 e. The van der Waals surface area contributed by atoms with Gasteiger partial charge in [-0.1, -0.05) is 0 Å². The molecule has 0 radical (unpaired) electrons. The minimum absolute atomic E-state index is 0.141. The zero-order valence-corrected chi connectivity index (χ0v) is 14.4. The van der Waals surface area contributed by atoms with Crippen molar-refractivity contribution in [2.24, 2.45) is 0 Å². The lowest BCUT2D eigenvalue weighted by Crippen LogP contribution is -2.14. The molecular formula is C17H12F3NO4S. The predicted octanol–water partition coefficient (Wildman–Crippen LogP) is 3.23. The van der Waals surface area contributed by atoms with Gasteiger partial charge in [0.1, 0.15) is 28.6 Å². The van der Waals surface area contributed by atoms with E-state index in [1.807, 2.05) is 0 Å². The Morgan fingerprint density at radius 2 is 1.69 bits per heavy atom. The highest BCUT2D eigenvalue weighted by molar-refractivity contribution is 7.90. The summed E-state index contributed by atoms with van der Waals surface area (Å²) in [5.74, 6) is -3.61. The van der Waals surface area contributed by atoms with Gasteiger partial charge in [-0.05, 0) is 42.8 Å². The number of halogens is 3. The van der Waals surface area contributed by atoms with Crippen molar-refractivity contribution in [1.82, 2.24) is 4.57 Å². The Hall–Kier alpha value is -2.81. The minimum Gasteiger partial charge on any atom is -0.415 e. The van der Waals surface area contributed by atoms with Crippen LogP contribution in [-0.4, -0.2) is 19.2 Å². The van der Waals surface area contributed by atoms with Crippen molar-refractivity contribution in [2.45, 2.75) is 11.8 Å². The molecule has 0 fully saturated rings. The van der Waals surface area contributed by atoms with Gasteiger partial charge in [-0.15, -0.1) is 0 Å². The number of hydrogen-bond donors (Lipinski definition) is 0. The number of rotatable bonds is 3. The van der Waals surface area contributed by atoms with Crippen LogP contribution >= 0.6 is 0 Å². The average Bonchev–Trinajstić information content (AvgIpc) is 2.92. The third-order valence-corrected chi connectivity index (χ3v) is 4.90. The van der Waals surface area contributed by atoms with Crippen LogP contribution in [0, 0.1) is 24.4 Å². The number of sulfone groups is 1. The molecule has 9 heteroatoms. The molecule has 1 heterocycles. The molecule has 0 saturated carbocycles. The molecule has 0 aliphatic heterocycles. The summed E-state index contributed by atoms with van der Waals surface area (Å²) in [5, 5.41) is 0. The van der Waals surface area contributed by atoms with Crippen LogP contribution in [0.1, 0.15) is 5.56 Å². The lowest BCUT2D eigenvalue weighted by Gasteiger charge is -2.10. The van der Waals surface area contributed by atoms with Crippen molar-refractivity contribution < 1.29 is 26.0 Å². The number of oxazole rings is 1. The van der Waals surface area contributed by atoms with Gasteiger partial charge in [0.2, 0.25) is 0 Å². The van der Waals surface area contributed by atoms with E-state index < -0.39 is 37.9 Å². The third-order valence-electron chi connectivity index (χ3n) is 3.79. The molecule has 0 atom stereocenters. The first-order valence-electron chi connectivity index (χ1n) is 7.26. The summed E-state index contributed by atoms with van der Waals surface area (Å²) in [4.78, 5) is 11.2. The van der Waals surface area contributed by atoms with E-state index >= 15 is 0 Å². The fourth-order valence-electron chi connectivity index (χ4n) is 2.52. The molecule has 26 heavy (non-hydrogen) atoms. The van der Waals surface area contributed by atoms with Crippen LogP contribution in [0.4, 0.5) is 13.2 Å². The Labute approximate surface area is 146 Å². The van der Waals surface area contributed by atoms with Gasteiger partial charge in [0.25, 0.3) is 0 Å². The first-order valence-corrected chi connectivity index (χ1v) is 9.15. The molecule has 1 aromatic heterocycles. The van der Waals surface area contributed by atoms with E-state index in [2.05, 4.69) is 0 Å². The second kappa shape index (κ2) is 6.17. The number of aryl methyl sites for hydroxylation is 1. The zero-order valence-electron chi connectivity index (χ0n) is 13.6. The predicted molar refractivity (Wildman–Crippen MR) is 87.5 cm³/mol. The van der Waals surface area contributed by atoms with Gasteiger partial charge in [-0.3, -0.25) is 0 Å². The highest BCUT2D eigenvalue weighted by Gasteiger charge is 2.22. The molecule has 0 amide bonds. The number of aromatic nitrogens is 1. The topological polar surface area (TPSA) is 69.3 Å². The highest BCUT2D eigenvalue weighted by Crippen LogP contribution is 2.29. The van der Waals surface area contributed by atoms with Crippen molar-refractivity contribution in [3.05, 3.63) is 70.2 Å². The molecule has 0 bridgehead atoms. The molecule has 0 unspecified atom stereocenters. The van der Waals surface area contributed by atoms with Gasteiger partial charge in [-0.25, -0.2) is 31.0 Å². The monoisotopic (exact) mass is 383 g/mol. The quantitative estimate of drug-likeness (QED) is 0.696. The van der Waals surface area contributed by atoms with Gasteiger partial charge in [0.05, 0.1) is 11.4 Å². The van der Waals surface area contributed by atoms with Crippen LogP contribution in [0.15, 0.2) is 50.7 Å². The van der Waals surface area contributed by atoms with E-state index in [-0.39, 0.29) is 22.5 Å². The first-order chi connectivity index (χ1) is 12.1. The van der Waals surface area contributed by atoms with Crippen LogP contribution in [0.2, 0.25) is 0 Å². The van der Waals surface area contributed by atoms with E-state index in [4.69, 9.17) is 4.42 Å². The van der Waals surface area contributed by atoms with Gasteiger partial charge < -0.3 is 4.42 Å². The second-order valence-corrected chi connectivity index (χ2v) is 7.67. The molecule has 0 aliphatic rings. The SMILES string of the molecule is Cc1cc(-n2c(-c3cc(F)c(S(C)(=O)=O)cc3F)coc2=O)ccc1F. The van der Waals surface area contributed by atoms with Gasteiger partial charge in [0.15, 0.2) is 9.84 Å². The maximum Gasteiger partial charge on any atom is 0.424 e. The molecular weight excluding hydrogens is 371 g/mol. The summed E-state index contributed by atoms with van der Waals surface area (Å²) in [6.07, 6.45) is 1.67. The summed E-state index contributed by atoms with van der Waals surface area (Å²) >= 11 is 0. The molecule has 2 aromatic carbocycles. The maximum atomic E-state index is 14.4. The van der Waals surface area contributed by atoms with Gasteiger partial charge >= 0.3 is 5.76 Å². The molecule has 136 valence electrons. The number of hydrogen-bond acceptors (Lipinski definition) is 4. The zero-order chi connectivity index (χ0) is 19.2. The summed E-state index contributed by atoms with van der Waals surface area (Å²) < 4.78 is 70.8. The van der Waals surface area contributed by atoms with E-state index in [1.165, 1.54) is 19.1 Å². The maximum absolute atomic E-state index is 14.4. The van der Waals surface area contributed by atoms with Crippen molar-refractivity contribution in [2.75, 3.05) is 6.26 Å². The summed E-state index contributed by atoms with van der Waals surface area (Å²) in [6, 6.07) is 4.95. The van der Waals surface area contributed by atoms with Gasteiger partial charge in [-0.2, -0.15) is 0 Å². The Balaban J connectivity index is 2.26. The van der Waals surface area contributed by atoms with E-state index in [9.17, 15) is 26.4 Å². The fourth-order valence-corrected chi connectivity index (χ4v) is 3.25. The average molecular weight is 383 g/mol. The van der Waals surface area contributed by atoms with Crippen LogP contribution in [-0.2, 0) is 9.84 Å². The number of benzene rings is 2. The number of nitrogens with zero attached hydrogens (tertiary/aromatic N) is 1. The Kier molecular flexibility index (Phi) is 4.27. The molecule has 0 N–H and O–H groups in total. The molecule has 3 rings (SSSR count). The molecule has 3 aromatic rings. The summed E-state index contributed by atoms with van der Waals surface area (Å²) in [5.41, 5.74) is -0.0922. The Morgan fingerprint density at radius 1 is 1.00 bits per heavy atom. The molecule has 0 saturated heterocycles. The third kappa shape index (κ3) is 3.05. The lowest BCUT2D eigenvalue weighted by molar-refractivity contribution is 0.504. The first kappa shape index (κ1) is 18.0. The molecule has 0 aliphatic carbocycles. The van der Waals surface area contributed by atoms with Crippen molar-refractivity contribution in [3.8, 4) is 16.9 Å². The van der Waals surface area contributed by atoms with E-state index in [0.717, 1.165) is 23.2 Å². The van der Waals surface area contributed by atoms with Crippen LogP contribution in [0.5, 0.6) is 0 Å². The van der Waals surface area contributed by atoms with Crippen molar-refractivity contribution in [3.63, 3.8) is 0 Å². The Morgan fingerprint density at radius 3 is 2.31 bits per heavy atom. The van der Waals surface area contributed by atoms with E-state index in [1.54, 1.807) is 0 Å². The fraction of sp³-hybridized carbons (Fsp3) is 0.118. The van der Waals surface area contributed by atoms with Crippen LogP contribution < -0.4 is 5.76 Å². The van der Waals surface area contributed by atoms with Crippen LogP contribution in [0.3, 0.4) is 0 Å². The highest BCUT2D eigenvalue weighted by atomic mass is 32.2. The van der Waals surface area contributed by atoms with Crippen molar-refractivity contribution in [1.29, 1.82) is 0 Å². The van der Waals surface area contributed by atoms with Gasteiger partial charge in [0, 0.05) is 11.8 Å². The normalized spacial score (nSPS) is 11.7. The second-order valence-electron chi connectivity index (χ2n) is 5.69. The summed E-state index contributed by atoms with van der Waals surface area (Å²) in [6.45, 7) is 1.48. The minimum atomic E-state index is -3.97. The standard InChI is InChI=1S/C17H12F3NO4S/c1-9-5-10(3-4-12(9)18)21-15(8-25-17(21)22)11-6-14(20)16(7-13(11)19)26(2,23)24/h3-8H,1-2H3. The van der Waals surface area contributed by atoms with Crippen molar-refractivity contribution >= 4 is 9.84 Å². The summed E-state index contributed by atoms with van der Waals surface area (Å²) in [7, 11) is -3.97. The molecule has 0 spiro atoms. The van der Waals surface area contributed by atoms with E-state index in [0.29, 0.717) is 12.1 Å². The smallest absolute Gasteiger partial charge is 0.415 e. The lowest BCUT2D eigenvalue weighted by atomic mass is 10.1.